The molecule has 0 aliphatic rings. The maximum Gasteiger partial charge on any atom is -0.0623 e. The summed E-state index contributed by atoms with van der Waals surface area (Å²) in [6, 6.07) is 12.0. The second-order valence-electron chi connectivity index (χ2n) is 1.15. The predicted molar refractivity (Wildman–Crippen MR) is 39.3 cm³/mol. The summed E-state index contributed by atoms with van der Waals surface area (Å²) in [4.78, 5) is 0. The summed E-state index contributed by atoms with van der Waals surface area (Å²) in [5, 5.41) is 0. The number of hydrogen-bond acceptors (Lipinski definition) is 0. The standard InChI is InChI=1S/C6H6.FH.H2S/c1-2-4-6-5-3-1;;/h1-6H;1H;1H2. The first kappa shape index (κ1) is 10.5. The van der Waals surface area contributed by atoms with Crippen LogP contribution in [0, 0.1) is 0 Å². The van der Waals surface area contributed by atoms with Gasteiger partial charge < -0.3 is 0 Å². The van der Waals surface area contributed by atoms with Crippen molar-refractivity contribution in [3.05, 3.63) is 36.4 Å². The zero-order valence-corrected chi connectivity index (χ0v) is 5.37. The van der Waals surface area contributed by atoms with E-state index in [1.165, 1.54) is 0 Å². The van der Waals surface area contributed by atoms with E-state index in [9.17, 15) is 0 Å². The van der Waals surface area contributed by atoms with Crippen molar-refractivity contribution >= 4 is 13.5 Å². The molecule has 0 heterocycles. The van der Waals surface area contributed by atoms with Crippen LogP contribution in [0.1, 0.15) is 0 Å². The van der Waals surface area contributed by atoms with E-state index in [1.807, 2.05) is 36.4 Å². The lowest BCUT2D eigenvalue weighted by molar-refractivity contribution is 1.11. The van der Waals surface area contributed by atoms with Crippen LogP contribution in [-0.4, -0.2) is 0 Å². The fraction of sp³-hybridized carbons (Fsp3) is 0. The average Bonchev–Trinajstić information content (AvgIpc) is 1.72. The summed E-state index contributed by atoms with van der Waals surface area (Å²) in [5.74, 6) is 0. The van der Waals surface area contributed by atoms with E-state index >= 15 is 0 Å². The summed E-state index contributed by atoms with van der Waals surface area (Å²) in [5.41, 5.74) is 0. The molecule has 0 aliphatic heterocycles. The molecule has 0 amide bonds. The SMILES string of the molecule is F.S.c1ccccc1. The number of benzene rings is 1. The maximum atomic E-state index is 2.00. The van der Waals surface area contributed by atoms with Crippen molar-refractivity contribution in [2.24, 2.45) is 0 Å². The normalized spacial score (nSPS) is 6.00. The summed E-state index contributed by atoms with van der Waals surface area (Å²) in [7, 11) is 0. The van der Waals surface area contributed by atoms with E-state index in [2.05, 4.69) is 0 Å². The summed E-state index contributed by atoms with van der Waals surface area (Å²) >= 11 is 0. The molecule has 0 aromatic heterocycles. The first-order chi connectivity index (χ1) is 3.00. The van der Waals surface area contributed by atoms with E-state index < -0.39 is 0 Å². The lowest BCUT2D eigenvalue weighted by Crippen LogP contribution is -1.47. The first-order valence-corrected chi connectivity index (χ1v) is 2.00. The van der Waals surface area contributed by atoms with Gasteiger partial charge in [0.25, 0.3) is 0 Å². The van der Waals surface area contributed by atoms with Gasteiger partial charge in [0.05, 0.1) is 0 Å². The highest BCUT2D eigenvalue weighted by Crippen LogP contribution is 1.79. The van der Waals surface area contributed by atoms with Gasteiger partial charge >= 0.3 is 0 Å². The molecule has 46 valence electrons. The molecule has 0 N–H and O–H groups in total. The van der Waals surface area contributed by atoms with Crippen LogP contribution in [0.25, 0.3) is 0 Å². The Kier molecular flexibility index (Phi) is 8.51. The van der Waals surface area contributed by atoms with Gasteiger partial charge in [-0.3, -0.25) is 4.70 Å². The van der Waals surface area contributed by atoms with Gasteiger partial charge in [0.1, 0.15) is 0 Å². The second-order valence-corrected chi connectivity index (χ2v) is 1.15. The van der Waals surface area contributed by atoms with Gasteiger partial charge in [-0.2, -0.15) is 13.5 Å². The van der Waals surface area contributed by atoms with Gasteiger partial charge in [0.15, 0.2) is 0 Å². The largest absolute Gasteiger partial charge is 0.269 e. The molecule has 0 fully saturated rings. The van der Waals surface area contributed by atoms with Crippen LogP contribution >= 0.6 is 13.5 Å². The van der Waals surface area contributed by atoms with E-state index in [4.69, 9.17) is 0 Å². The van der Waals surface area contributed by atoms with E-state index in [1.54, 1.807) is 0 Å². The smallest absolute Gasteiger partial charge is 0.0623 e. The van der Waals surface area contributed by atoms with Crippen LogP contribution in [0.2, 0.25) is 0 Å². The second kappa shape index (κ2) is 6.50. The summed E-state index contributed by atoms with van der Waals surface area (Å²) in [6.45, 7) is 0. The zero-order chi connectivity index (χ0) is 4.24. The quantitative estimate of drug-likeness (QED) is 0.506. The van der Waals surface area contributed by atoms with Crippen LogP contribution in [0.5, 0.6) is 0 Å². The van der Waals surface area contributed by atoms with E-state index in [-0.39, 0.29) is 18.2 Å². The minimum absolute atomic E-state index is 0. The molecular weight excluding hydrogens is 123 g/mol. The van der Waals surface area contributed by atoms with Crippen LogP contribution in [0.4, 0.5) is 4.70 Å². The molecular formula is C6H9FS. The fourth-order valence-corrected chi connectivity index (χ4v) is 0.385. The van der Waals surface area contributed by atoms with Gasteiger partial charge in [-0.05, 0) is 0 Å². The van der Waals surface area contributed by atoms with E-state index in [0.717, 1.165) is 0 Å². The maximum absolute atomic E-state index is 2.00. The topological polar surface area (TPSA) is 0 Å². The third-order valence-electron chi connectivity index (χ3n) is 0.667. The Hall–Kier alpha value is -0.500. The Bertz CT molecular complexity index is 80.5. The molecule has 0 nitrogen and oxygen atoms in total. The van der Waals surface area contributed by atoms with Crippen molar-refractivity contribution in [1.29, 1.82) is 0 Å². The third kappa shape index (κ3) is 3.68. The Morgan fingerprint density at radius 1 is 0.500 bits per heavy atom. The van der Waals surface area contributed by atoms with Crippen molar-refractivity contribution < 1.29 is 4.70 Å². The first-order valence-electron chi connectivity index (χ1n) is 2.00. The molecule has 0 aliphatic carbocycles. The van der Waals surface area contributed by atoms with Gasteiger partial charge in [-0.1, -0.05) is 36.4 Å². The van der Waals surface area contributed by atoms with Crippen LogP contribution in [0.15, 0.2) is 36.4 Å². The monoisotopic (exact) mass is 132 g/mol. The fourth-order valence-electron chi connectivity index (χ4n) is 0.385. The Morgan fingerprint density at radius 3 is 0.750 bits per heavy atom. The van der Waals surface area contributed by atoms with Crippen LogP contribution in [-0.2, 0) is 0 Å². The highest BCUT2D eigenvalue weighted by atomic mass is 32.1. The molecule has 0 atom stereocenters. The van der Waals surface area contributed by atoms with Crippen molar-refractivity contribution in [1.82, 2.24) is 0 Å². The minimum atomic E-state index is 0. The predicted octanol–water partition coefficient (Wildman–Crippen LogP) is 1.95. The molecule has 0 spiro atoms. The zero-order valence-electron chi connectivity index (χ0n) is 4.37. The lowest BCUT2D eigenvalue weighted by atomic mass is 10.4. The van der Waals surface area contributed by atoms with Crippen molar-refractivity contribution in [3.8, 4) is 0 Å². The van der Waals surface area contributed by atoms with Crippen LogP contribution < -0.4 is 0 Å². The number of rotatable bonds is 0. The van der Waals surface area contributed by atoms with Crippen molar-refractivity contribution in [2.45, 2.75) is 0 Å². The summed E-state index contributed by atoms with van der Waals surface area (Å²) < 4.78 is 0. The van der Waals surface area contributed by atoms with Gasteiger partial charge in [0, 0.05) is 0 Å². The lowest BCUT2D eigenvalue weighted by Gasteiger charge is -1.69. The van der Waals surface area contributed by atoms with Crippen molar-refractivity contribution in [3.63, 3.8) is 0 Å². The van der Waals surface area contributed by atoms with Crippen molar-refractivity contribution in [2.75, 3.05) is 0 Å². The molecule has 0 unspecified atom stereocenters. The average molecular weight is 132 g/mol. The van der Waals surface area contributed by atoms with Gasteiger partial charge in [-0.25, -0.2) is 0 Å². The summed E-state index contributed by atoms with van der Waals surface area (Å²) in [6.07, 6.45) is 0. The number of halogens is 1. The van der Waals surface area contributed by atoms with Crippen LogP contribution in [0.3, 0.4) is 0 Å². The molecule has 1 rings (SSSR count). The molecule has 0 radical (unpaired) electrons. The molecule has 0 saturated carbocycles. The van der Waals surface area contributed by atoms with Gasteiger partial charge in [0.2, 0.25) is 0 Å². The molecule has 0 bridgehead atoms. The molecule has 0 saturated heterocycles. The van der Waals surface area contributed by atoms with E-state index in [0.29, 0.717) is 0 Å². The molecule has 1 aromatic carbocycles. The highest BCUT2D eigenvalue weighted by molar-refractivity contribution is 7.59. The Balaban J connectivity index is 0. The molecule has 2 heteroatoms. The Labute approximate surface area is 55.4 Å². The third-order valence-corrected chi connectivity index (χ3v) is 0.667. The Morgan fingerprint density at radius 2 is 0.625 bits per heavy atom. The van der Waals surface area contributed by atoms with Gasteiger partial charge in [-0.15, -0.1) is 0 Å². The minimum Gasteiger partial charge on any atom is -0.269 e. The molecule has 1 aromatic rings. The number of hydrogen-bond donors (Lipinski definition) is 0. The molecule has 8 heavy (non-hydrogen) atoms. The highest BCUT2D eigenvalue weighted by Gasteiger charge is 1.57.